The van der Waals surface area contributed by atoms with Crippen LogP contribution in [-0.2, 0) is 12.8 Å². The summed E-state index contributed by atoms with van der Waals surface area (Å²) >= 11 is 0. The number of aryl methyl sites for hydroxylation is 2. The molecule has 0 heteroatoms. The quantitative estimate of drug-likeness (QED) is 0.635. The van der Waals surface area contributed by atoms with Crippen molar-refractivity contribution in [3.8, 4) is 0 Å². The fourth-order valence-electron chi connectivity index (χ4n) is 1.47. The van der Waals surface area contributed by atoms with Gasteiger partial charge in [0.15, 0.2) is 0 Å². The first-order chi connectivity index (χ1) is 5.83. The van der Waals surface area contributed by atoms with Crippen molar-refractivity contribution in [2.24, 2.45) is 0 Å². The molecule has 0 spiro atoms. The van der Waals surface area contributed by atoms with Gasteiger partial charge in [0.1, 0.15) is 0 Å². The molecule has 0 unspecified atom stereocenters. The Kier molecular flexibility index (Phi) is 3.09. The molecule has 0 atom stereocenters. The van der Waals surface area contributed by atoms with E-state index in [0.29, 0.717) is 0 Å². The van der Waals surface area contributed by atoms with Crippen LogP contribution in [0.4, 0.5) is 0 Å². The summed E-state index contributed by atoms with van der Waals surface area (Å²) in [5.74, 6) is 0. The summed E-state index contributed by atoms with van der Waals surface area (Å²) in [7, 11) is 0. The van der Waals surface area contributed by atoms with Gasteiger partial charge in [-0.25, -0.2) is 0 Å². The molecule has 0 saturated carbocycles. The first-order valence-corrected chi connectivity index (χ1v) is 4.47. The molecule has 1 aromatic rings. The summed E-state index contributed by atoms with van der Waals surface area (Å²) in [6.45, 7) is 8.05. The van der Waals surface area contributed by atoms with Crippen LogP contribution in [0.5, 0.6) is 0 Å². The average Bonchev–Trinajstić information content (AvgIpc) is 2.16. The minimum absolute atomic E-state index is 1.06. The first kappa shape index (κ1) is 9.05. The molecule has 0 aliphatic carbocycles. The van der Waals surface area contributed by atoms with Crippen LogP contribution in [0.1, 0.15) is 30.5 Å². The van der Waals surface area contributed by atoms with Crippen LogP contribution in [0.2, 0.25) is 0 Å². The Hall–Kier alpha value is -1.04. The SMILES string of the molecule is C=[C]c1c(CC)cccc1CC. The van der Waals surface area contributed by atoms with Gasteiger partial charge in [-0.15, -0.1) is 0 Å². The van der Waals surface area contributed by atoms with E-state index in [9.17, 15) is 0 Å². The van der Waals surface area contributed by atoms with Crippen LogP contribution in [0, 0.1) is 6.08 Å². The molecule has 0 saturated heterocycles. The van der Waals surface area contributed by atoms with Gasteiger partial charge in [-0.1, -0.05) is 38.6 Å². The molecule has 0 N–H and O–H groups in total. The standard InChI is InChI=1S/C12H15/c1-4-10-8-7-9-11(5-2)12(10)6-3/h7-9H,3-5H2,1-2H3. The van der Waals surface area contributed by atoms with E-state index in [0.717, 1.165) is 12.8 Å². The maximum absolute atomic E-state index is 3.72. The number of benzene rings is 1. The summed E-state index contributed by atoms with van der Waals surface area (Å²) in [6, 6.07) is 6.40. The lowest BCUT2D eigenvalue weighted by molar-refractivity contribution is 1.06. The molecule has 63 valence electrons. The zero-order chi connectivity index (χ0) is 8.97. The molecule has 0 bridgehead atoms. The van der Waals surface area contributed by atoms with Crippen molar-refractivity contribution < 1.29 is 0 Å². The molecular formula is C12H15. The Morgan fingerprint density at radius 1 is 1.17 bits per heavy atom. The van der Waals surface area contributed by atoms with Crippen LogP contribution >= 0.6 is 0 Å². The molecule has 12 heavy (non-hydrogen) atoms. The van der Waals surface area contributed by atoms with Gasteiger partial charge in [0, 0.05) is 0 Å². The average molecular weight is 159 g/mol. The summed E-state index contributed by atoms with van der Waals surface area (Å²) in [5, 5.41) is 0. The molecule has 1 radical (unpaired) electrons. The lowest BCUT2D eigenvalue weighted by Crippen LogP contribution is -1.93. The van der Waals surface area contributed by atoms with Crippen LogP contribution in [-0.4, -0.2) is 0 Å². The smallest absolute Gasteiger partial charge is 0.0120 e. The van der Waals surface area contributed by atoms with Crippen molar-refractivity contribution in [1.29, 1.82) is 0 Å². The molecule has 1 aromatic carbocycles. The highest BCUT2D eigenvalue weighted by Crippen LogP contribution is 2.15. The Morgan fingerprint density at radius 2 is 1.67 bits per heavy atom. The van der Waals surface area contributed by atoms with Gasteiger partial charge in [-0.2, -0.15) is 0 Å². The zero-order valence-corrected chi connectivity index (χ0v) is 7.85. The monoisotopic (exact) mass is 159 g/mol. The van der Waals surface area contributed by atoms with Crippen LogP contribution in [0.3, 0.4) is 0 Å². The predicted octanol–water partition coefficient (Wildman–Crippen LogP) is 3.15. The molecule has 0 aliphatic heterocycles. The van der Waals surface area contributed by atoms with Crippen molar-refractivity contribution >= 4 is 0 Å². The molecule has 0 fully saturated rings. The first-order valence-electron chi connectivity index (χ1n) is 4.47. The molecular weight excluding hydrogens is 144 g/mol. The summed E-state index contributed by atoms with van der Waals surface area (Å²) < 4.78 is 0. The van der Waals surface area contributed by atoms with E-state index in [-0.39, 0.29) is 0 Å². The second-order valence-electron chi connectivity index (χ2n) is 2.84. The third-order valence-electron chi connectivity index (χ3n) is 2.18. The highest BCUT2D eigenvalue weighted by molar-refractivity contribution is 5.39. The second-order valence-corrected chi connectivity index (χ2v) is 2.84. The molecule has 0 amide bonds. The second kappa shape index (κ2) is 4.10. The van der Waals surface area contributed by atoms with E-state index in [1.54, 1.807) is 0 Å². The fourth-order valence-corrected chi connectivity index (χ4v) is 1.47. The van der Waals surface area contributed by atoms with Gasteiger partial charge in [0.05, 0.1) is 0 Å². The Bertz CT molecular complexity index is 249. The molecule has 1 rings (SSSR count). The highest BCUT2D eigenvalue weighted by atomic mass is 14.1. The van der Waals surface area contributed by atoms with E-state index >= 15 is 0 Å². The largest absolute Gasteiger partial charge is 0.0905 e. The minimum atomic E-state index is 1.06. The minimum Gasteiger partial charge on any atom is -0.0905 e. The fraction of sp³-hybridized carbons (Fsp3) is 0.333. The number of rotatable bonds is 3. The van der Waals surface area contributed by atoms with Crippen molar-refractivity contribution in [2.45, 2.75) is 26.7 Å². The lowest BCUT2D eigenvalue weighted by atomic mass is 9.98. The van der Waals surface area contributed by atoms with E-state index in [4.69, 9.17) is 0 Å². The van der Waals surface area contributed by atoms with Crippen molar-refractivity contribution in [2.75, 3.05) is 0 Å². The van der Waals surface area contributed by atoms with E-state index < -0.39 is 0 Å². The topological polar surface area (TPSA) is 0 Å². The summed E-state index contributed by atoms with van der Waals surface area (Å²) in [5.41, 5.74) is 3.91. The van der Waals surface area contributed by atoms with Crippen LogP contribution in [0.15, 0.2) is 24.8 Å². The Labute approximate surface area is 74.9 Å². The third kappa shape index (κ3) is 1.58. The Balaban J connectivity index is 3.21. The lowest BCUT2D eigenvalue weighted by Gasteiger charge is -2.07. The maximum atomic E-state index is 3.72. The number of hydrogen-bond donors (Lipinski definition) is 0. The van der Waals surface area contributed by atoms with Gasteiger partial charge in [-0.3, -0.25) is 0 Å². The number of hydrogen-bond acceptors (Lipinski definition) is 0. The van der Waals surface area contributed by atoms with Crippen LogP contribution in [0.25, 0.3) is 0 Å². The van der Waals surface area contributed by atoms with Crippen molar-refractivity contribution in [1.82, 2.24) is 0 Å². The van der Waals surface area contributed by atoms with Gasteiger partial charge < -0.3 is 0 Å². The predicted molar refractivity (Wildman–Crippen MR) is 53.2 cm³/mol. The molecule has 0 nitrogen and oxygen atoms in total. The van der Waals surface area contributed by atoms with Gasteiger partial charge in [0.25, 0.3) is 0 Å². The molecule has 0 aliphatic rings. The van der Waals surface area contributed by atoms with Crippen molar-refractivity contribution in [3.63, 3.8) is 0 Å². The third-order valence-corrected chi connectivity index (χ3v) is 2.18. The van der Waals surface area contributed by atoms with Crippen LogP contribution < -0.4 is 0 Å². The highest BCUT2D eigenvalue weighted by Gasteiger charge is 2.01. The van der Waals surface area contributed by atoms with E-state index in [2.05, 4.69) is 44.7 Å². The molecule has 0 heterocycles. The summed E-state index contributed by atoms with van der Waals surface area (Å²) in [6.07, 6.45) is 5.14. The molecule has 0 aromatic heterocycles. The Morgan fingerprint density at radius 3 is 2.00 bits per heavy atom. The maximum Gasteiger partial charge on any atom is -0.0120 e. The normalized spacial score (nSPS) is 9.83. The van der Waals surface area contributed by atoms with E-state index in [1.165, 1.54) is 16.7 Å². The van der Waals surface area contributed by atoms with Gasteiger partial charge in [0.2, 0.25) is 0 Å². The van der Waals surface area contributed by atoms with Crippen molar-refractivity contribution in [3.05, 3.63) is 47.5 Å². The van der Waals surface area contributed by atoms with Gasteiger partial charge in [-0.05, 0) is 35.6 Å². The van der Waals surface area contributed by atoms with E-state index in [1.807, 2.05) is 0 Å². The zero-order valence-electron chi connectivity index (χ0n) is 7.85. The summed E-state index contributed by atoms with van der Waals surface area (Å²) in [4.78, 5) is 0. The van der Waals surface area contributed by atoms with Gasteiger partial charge >= 0.3 is 0 Å².